The third kappa shape index (κ3) is 4.73. The summed E-state index contributed by atoms with van der Waals surface area (Å²) in [5.74, 6) is -0.463. The highest BCUT2D eigenvalue weighted by atomic mass is 32.2. The van der Waals surface area contributed by atoms with Gasteiger partial charge in [0, 0.05) is 21.7 Å². The lowest BCUT2D eigenvalue weighted by Gasteiger charge is -2.14. The molecule has 3 aromatic carbocycles. The van der Waals surface area contributed by atoms with Crippen molar-refractivity contribution in [2.24, 2.45) is 0 Å². The zero-order chi connectivity index (χ0) is 26.2. The van der Waals surface area contributed by atoms with Crippen molar-refractivity contribution in [1.29, 1.82) is 0 Å². The predicted octanol–water partition coefficient (Wildman–Crippen LogP) is 5.11. The van der Waals surface area contributed by atoms with E-state index in [1.165, 1.54) is 4.57 Å². The summed E-state index contributed by atoms with van der Waals surface area (Å²) in [4.78, 5) is 27.0. The second-order valence-corrected chi connectivity index (χ2v) is 11.2. The van der Waals surface area contributed by atoms with Gasteiger partial charge in [0.1, 0.15) is 10.3 Å². The lowest BCUT2D eigenvalue weighted by molar-refractivity contribution is 0.447. The van der Waals surface area contributed by atoms with Crippen molar-refractivity contribution in [2.45, 2.75) is 23.1 Å². The van der Waals surface area contributed by atoms with Crippen LogP contribution in [0.3, 0.4) is 0 Å². The van der Waals surface area contributed by atoms with Crippen LogP contribution in [-0.2, 0) is 10.0 Å². The zero-order valence-electron chi connectivity index (χ0n) is 19.7. The largest absolute Gasteiger partial charge is 0.505 e. The Morgan fingerprint density at radius 1 is 0.946 bits per heavy atom. The Hall–Kier alpha value is -4.02. The highest BCUT2D eigenvalue weighted by Crippen LogP contribution is 2.37. The molecule has 8 nitrogen and oxygen atoms in total. The fourth-order valence-electron chi connectivity index (χ4n) is 4.11. The number of benzene rings is 3. The first kappa shape index (κ1) is 24.7. The smallest absolute Gasteiger partial charge is 0.354 e. The van der Waals surface area contributed by atoms with E-state index in [4.69, 9.17) is 4.42 Å². The second kappa shape index (κ2) is 9.79. The molecule has 2 aromatic heterocycles. The van der Waals surface area contributed by atoms with Gasteiger partial charge in [0.2, 0.25) is 10.0 Å². The van der Waals surface area contributed by atoms with Crippen LogP contribution in [-0.4, -0.2) is 23.8 Å². The van der Waals surface area contributed by atoms with Crippen LogP contribution in [0.5, 0.6) is 5.75 Å². The molecular formula is C27H22N2O6S2. The molecule has 2 N–H and O–H groups in total. The third-order valence-electron chi connectivity index (χ3n) is 5.70. The molecule has 0 spiro atoms. The second-order valence-electron chi connectivity index (χ2n) is 8.31. The zero-order valence-corrected chi connectivity index (χ0v) is 21.3. The number of aromatic nitrogens is 1. The molecule has 0 aliphatic rings. The number of rotatable bonds is 7. The molecular weight excluding hydrogens is 512 g/mol. The number of fused-ring (bicyclic) bond motifs is 3. The van der Waals surface area contributed by atoms with Crippen molar-refractivity contribution in [1.82, 2.24) is 4.57 Å². The van der Waals surface area contributed by atoms with E-state index in [2.05, 4.69) is 4.72 Å². The first-order valence-electron chi connectivity index (χ1n) is 11.5. The standard InChI is InChI=1S/C27H22N2O6S2/c1-2-16-37(33,34)28-17-12-14-19(15-13-17)36-25-23(30)22-24(35-27(25)32)20-10-6-7-11-21(20)29(26(22)31)18-8-4-3-5-9-18/h3-15,28,30H,2,16H2,1H3. The van der Waals surface area contributed by atoms with Crippen molar-refractivity contribution in [3.05, 3.63) is 99.6 Å². The van der Waals surface area contributed by atoms with Crippen LogP contribution in [0.1, 0.15) is 13.3 Å². The molecule has 0 atom stereocenters. The Balaban J connectivity index is 1.63. The predicted molar refractivity (Wildman–Crippen MR) is 146 cm³/mol. The highest BCUT2D eigenvalue weighted by molar-refractivity contribution is 7.99. The molecule has 0 aliphatic carbocycles. The van der Waals surface area contributed by atoms with Crippen molar-refractivity contribution in [2.75, 3.05) is 10.5 Å². The lowest BCUT2D eigenvalue weighted by atomic mass is 10.1. The van der Waals surface area contributed by atoms with Gasteiger partial charge < -0.3 is 9.52 Å². The minimum atomic E-state index is -3.44. The monoisotopic (exact) mass is 534 g/mol. The summed E-state index contributed by atoms with van der Waals surface area (Å²) < 4.78 is 33.6. The molecule has 5 rings (SSSR count). The number of sulfonamides is 1. The van der Waals surface area contributed by atoms with Gasteiger partial charge in [0.05, 0.1) is 11.3 Å². The van der Waals surface area contributed by atoms with Crippen molar-refractivity contribution >= 4 is 49.3 Å². The van der Waals surface area contributed by atoms with Gasteiger partial charge in [-0.25, -0.2) is 13.2 Å². The van der Waals surface area contributed by atoms with Crippen molar-refractivity contribution in [3.8, 4) is 11.4 Å². The fraction of sp³-hybridized carbons (Fsp3) is 0.111. The lowest BCUT2D eigenvalue weighted by Crippen LogP contribution is -2.20. The maximum Gasteiger partial charge on any atom is 0.354 e. The molecule has 0 radical (unpaired) electrons. The number of nitrogens with zero attached hydrogens (tertiary/aromatic N) is 1. The van der Waals surface area contributed by atoms with Gasteiger partial charge in [0.15, 0.2) is 11.3 Å². The van der Waals surface area contributed by atoms with E-state index in [1.807, 2.05) is 6.07 Å². The number of anilines is 1. The van der Waals surface area contributed by atoms with Crippen molar-refractivity contribution < 1.29 is 17.9 Å². The van der Waals surface area contributed by atoms with Gasteiger partial charge in [0.25, 0.3) is 5.56 Å². The van der Waals surface area contributed by atoms with Crippen LogP contribution in [0.2, 0.25) is 0 Å². The highest BCUT2D eigenvalue weighted by Gasteiger charge is 2.22. The van der Waals surface area contributed by atoms with Gasteiger partial charge in [-0.2, -0.15) is 0 Å². The number of aromatic hydroxyl groups is 1. The van der Waals surface area contributed by atoms with E-state index in [-0.39, 0.29) is 21.6 Å². The summed E-state index contributed by atoms with van der Waals surface area (Å²) in [6.07, 6.45) is 0.488. The third-order valence-corrected chi connectivity index (χ3v) is 8.26. The Morgan fingerprint density at radius 3 is 2.32 bits per heavy atom. The number of hydrogen-bond donors (Lipinski definition) is 2. The topological polar surface area (TPSA) is 119 Å². The Kier molecular flexibility index (Phi) is 6.53. The van der Waals surface area contributed by atoms with Crippen LogP contribution < -0.4 is 15.9 Å². The number of hydrogen-bond acceptors (Lipinski definition) is 7. The molecule has 0 amide bonds. The molecule has 2 heterocycles. The first-order chi connectivity index (χ1) is 17.8. The average molecular weight is 535 g/mol. The molecule has 0 unspecified atom stereocenters. The molecule has 10 heteroatoms. The maximum atomic E-state index is 13.7. The summed E-state index contributed by atoms with van der Waals surface area (Å²) in [6, 6.07) is 22.4. The molecule has 0 bridgehead atoms. The average Bonchev–Trinajstić information content (AvgIpc) is 2.88. The van der Waals surface area contributed by atoms with Crippen LogP contribution in [0, 0.1) is 0 Å². The number of pyridine rings is 1. The number of para-hydroxylation sites is 2. The Labute approximate surface area is 216 Å². The van der Waals surface area contributed by atoms with E-state index in [1.54, 1.807) is 79.7 Å². The Bertz CT molecular complexity index is 1850. The minimum absolute atomic E-state index is 0.00466. The van der Waals surface area contributed by atoms with E-state index >= 15 is 0 Å². The van der Waals surface area contributed by atoms with Gasteiger partial charge >= 0.3 is 5.63 Å². The summed E-state index contributed by atoms with van der Waals surface area (Å²) in [7, 11) is -3.44. The van der Waals surface area contributed by atoms with E-state index in [0.717, 1.165) is 11.8 Å². The molecule has 0 saturated carbocycles. The van der Waals surface area contributed by atoms with E-state index < -0.39 is 27.0 Å². The van der Waals surface area contributed by atoms with Crippen LogP contribution >= 0.6 is 11.8 Å². The molecule has 0 saturated heterocycles. The number of nitrogens with one attached hydrogen (secondary N) is 1. The van der Waals surface area contributed by atoms with Gasteiger partial charge in [-0.1, -0.05) is 49.0 Å². The summed E-state index contributed by atoms with van der Waals surface area (Å²) in [5.41, 5.74) is 0.222. The van der Waals surface area contributed by atoms with E-state index in [9.17, 15) is 23.1 Å². The van der Waals surface area contributed by atoms with E-state index in [0.29, 0.717) is 33.6 Å². The summed E-state index contributed by atoms with van der Waals surface area (Å²) >= 11 is 0.927. The van der Waals surface area contributed by atoms with Crippen molar-refractivity contribution in [3.63, 3.8) is 0 Å². The normalized spacial score (nSPS) is 11.7. The molecule has 0 fully saturated rings. The first-order valence-corrected chi connectivity index (χ1v) is 13.9. The fourth-order valence-corrected chi connectivity index (χ4v) is 6.08. The quantitative estimate of drug-likeness (QED) is 0.279. The Morgan fingerprint density at radius 2 is 1.62 bits per heavy atom. The maximum absolute atomic E-state index is 13.7. The SMILES string of the molecule is CCCS(=O)(=O)Nc1ccc(Sc2c(O)c3c(=O)n(-c4ccccc4)c4ccccc4c3oc2=O)cc1. The molecule has 37 heavy (non-hydrogen) atoms. The van der Waals surface area contributed by atoms with Gasteiger partial charge in [-0.05, 0) is 55.0 Å². The summed E-state index contributed by atoms with van der Waals surface area (Å²) in [5, 5.41) is 11.6. The van der Waals surface area contributed by atoms with Crippen LogP contribution in [0.15, 0.2) is 103 Å². The summed E-state index contributed by atoms with van der Waals surface area (Å²) in [6.45, 7) is 1.78. The molecule has 0 aliphatic heterocycles. The molecule has 188 valence electrons. The molecule has 5 aromatic rings. The minimum Gasteiger partial charge on any atom is -0.505 e. The van der Waals surface area contributed by atoms with Crippen LogP contribution in [0.4, 0.5) is 5.69 Å². The van der Waals surface area contributed by atoms with Gasteiger partial charge in [-0.3, -0.25) is 14.1 Å². The van der Waals surface area contributed by atoms with Gasteiger partial charge in [-0.15, -0.1) is 0 Å². The van der Waals surface area contributed by atoms with Crippen LogP contribution in [0.25, 0.3) is 27.6 Å².